The Morgan fingerprint density at radius 3 is 2.35 bits per heavy atom. The quantitative estimate of drug-likeness (QED) is 0.793. The van der Waals surface area contributed by atoms with Gasteiger partial charge < -0.3 is 10.6 Å². The summed E-state index contributed by atoms with van der Waals surface area (Å²) >= 11 is 7.23. The van der Waals surface area contributed by atoms with Crippen LogP contribution in [-0.4, -0.2) is 29.7 Å². The molecule has 2 amide bonds. The molecule has 6 heteroatoms. The molecule has 1 aromatic rings. The number of hydrogen-bond donors (Lipinski definition) is 2. The fourth-order valence-corrected chi connectivity index (χ4v) is 2.47. The molecule has 1 aromatic carbocycles. The molecule has 110 valence electrons. The lowest BCUT2D eigenvalue weighted by atomic mass is 10.4. The molecule has 1 unspecified atom stereocenters. The Kier molecular flexibility index (Phi) is 6.88. The van der Waals surface area contributed by atoms with E-state index in [1.807, 2.05) is 26.0 Å². The van der Waals surface area contributed by atoms with E-state index in [2.05, 4.69) is 10.6 Å². The zero-order valence-corrected chi connectivity index (χ0v) is 13.3. The van der Waals surface area contributed by atoms with E-state index in [4.69, 9.17) is 11.6 Å². The van der Waals surface area contributed by atoms with Crippen molar-refractivity contribution in [1.82, 2.24) is 10.6 Å². The molecule has 4 nitrogen and oxygen atoms in total. The van der Waals surface area contributed by atoms with Crippen molar-refractivity contribution < 1.29 is 9.59 Å². The zero-order valence-electron chi connectivity index (χ0n) is 11.8. The summed E-state index contributed by atoms with van der Waals surface area (Å²) in [5, 5.41) is 5.73. The Morgan fingerprint density at radius 2 is 1.80 bits per heavy atom. The normalized spacial score (nSPS) is 12.1. The molecule has 0 aromatic heterocycles. The Hall–Kier alpha value is -1.20. The average molecular weight is 315 g/mol. The molecule has 0 aliphatic carbocycles. The van der Waals surface area contributed by atoms with Gasteiger partial charge in [-0.1, -0.05) is 11.6 Å². The van der Waals surface area contributed by atoms with Crippen LogP contribution < -0.4 is 10.6 Å². The van der Waals surface area contributed by atoms with Crippen LogP contribution in [0.25, 0.3) is 0 Å². The lowest BCUT2D eigenvalue weighted by Crippen LogP contribution is -2.41. The number of nitrogens with one attached hydrogen (secondary N) is 2. The summed E-state index contributed by atoms with van der Waals surface area (Å²) in [5.74, 6) is -0.346. The van der Waals surface area contributed by atoms with E-state index in [0.29, 0.717) is 5.02 Å². The smallest absolute Gasteiger partial charge is 0.239 e. The third kappa shape index (κ3) is 6.30. The number of thioether (sulfide) groups is 1. The Labute approximate surface area is 128 Å². The first-order chi connectivity index (χ1) is 9.38. The number of halogens is 1. The molecule has 0 fully saturated rings. The third-order valence-electron chi connectivity index (χ3n) is 2.37. The number of amides is 2. The minimum atomic E-state index is -0.275. The summed E-state index contributed by atoms with van der Waals surface area (Å²) in [6.07, 6.45) is 0. The molecule has 0 spiro atoms. The molecule has 0 aliphatic heterocycles. The predicted octanol–water partition coefficient (Wildman–Crippen LogP) is 2.46. The van der Waals surface area contributed by atoms with Crippen LogP contribution in [0.2, 0.25) is 5.02 Å². The van der Waals surface area contributed by atoms with Crippen molar-refractivity contribution >= 4 is 35.2 Å². The number of hydrogen-bond acceptors (Lipinski definition) is 3. The highest BCUT2D eigenvalue weighted by atomic mass is 35.5. The molecule has 0 saturated carbocycles. The topological polar surface area (TPSA) is 58.2 Å². The van der Waals surface area contributed by atoms with Gasteiger partial charge in [0.1, 0.15) is 0 Å². The van der Waals surface area contributed by atoms with Crippen LogP contribution in [0, 0.1) is 0 Å². The fourth-order valence-electron chi connectivity index (χ4n) is 1.45. The summed E-state index contributed by atoms with van der Waals surface area (Å²) in [4.78, 5) is 24.3. The van der Waals surface area contributed by atoms with E-state index in [0.717, 1.165) is 4.90 Å². The van der Waals surface area contributed by atoms with Gasteiger partial charge in [0.25, 0.3) is 0 Å². The monoisotopic (exact) mass is 314 g/mol. The zero-order chi connectivity index (χ0) is 15.1. The van der Waals surface area contributed by atoms with Crippen LogP contribution in [0.3, 0.4) is 0 Å². The van der Waals surface area contributed by atoms with Crippen molar-refractivity contribution in [3.8, 4) is 0 Å². The van der Waals surface area contributed by atoms with E-state index < -0.39 is 0 Å². The van der Waals surface area contributed by atoms with Crippen molar-refractivity contribution in [2.75, 3.05) is 6.54 Å². The van der Waals surface area contributed by atoms with E-state index in [9.17, 15) is 9.59 Å². The molecular formula is C14H19ClN2O2S. The summed E-state index contributed by atoms with van der Waals surface area (Å²) < 4.78 is 0. The van der Waals surface area contributed by atoms with Crippen molar-refractivity contribution in [3.63, 3.8) is 0 Å². The lowest BCUT2D eigenvalue weighted by molar-refractivity contribution is -0.125. The van der Waals surface area contributed by atoms with Crippen LogP contribution >= 0.6 is 23.4 Å². The second-order valence-electron chi connectivity index (χ2n) is 4.65. The minimum absolute atomic E-state index is 0.00251. The number of benzene rings is 1. The number of rotatable bonds is 6. The lowest BCUT2D eigenvalue weighted by Gasteiger charge is -2.13. The molecule has 0 bridgehead atoms. The predicted molar refractivity (Wildman–Crippen MR) is 83.1 cm³/mol. The maximum absolute atomic E-state index is 11.9. The van der Waals surface area contributed by atoms with Gasteiger partial charge in [0.15, 0.2) is 0 Å². The summed E-state index contributed by atoms with van der Waals surface area (Å²) in [7, 11) is 0. The van der Waals surface area contributed by atoms with Gasteiger partial charge in [0.05, 0.1) is 11.8 Å². The van der Waals surface area contributed by atoms with Crippen molar-refractivity contribution in [1.29, 1.82) is 0 Å². The summed E-state index contributed by atoms with van der Waals surface area (Å²) in [6.45, 7) is 5.55. The van der Waals surface area contributed by atoms with E-state index >= 15 is 0 Å². The maximum Gasteiger partial charge on any atom is 0.239 e. The van der Waals surface area contributed by atoms with Crippen LogP contribution in [0.15, 0.2) is 29.2 Å². The van der Waals surface area contributed by atoms with Crippen LogP contribution in [-0.2, 0) is 9.59 Å². The highest BCUT2D eigenvalue weighted by molar-refractivity contribution is 8.00. The first kappa shape index (κ1) is 16.9. The average Bonchev–Trinajstić information content (AvgIpc) is 2.37. The summed E-state index contributed by atoms with van der Waals surface area (Å²) in [6, 6.07) is 7.36. The summed E-state index contributed by atoms with van der Waals surface area (Å²) in [5.41, 5.74) is 0. The van der Waals surface area contributed by atoms with Gasteiger partial charge in [-0.15, -0.1) is 11.8 Å². The molecule has 1 atom stereocenters. The van der Waals surface area contributed by atoms with E-state index in [1.165, 1.54) is 11.8 Å². The van der Waals surface area contributed by atoms with Gasteiger partial charge in [-0.2, -0.15) is 0 Å². The molecular weight excluding hydrogens is 296 g/mol. The van der Waals surface area contributed by atoms with E-state index in [1.54, 1.807) is 19.1 Å². The minimum Gasteiger partial charge on any atom is -0.352 e. The Morgan fingerprint density at radius 1 is 1.20 bits per heavy atom. The van der Waals surface area contributed by atoms with Gasteiger partial charge in [-0.05, 0) is 45.0 Å². The van der Waals surface area contributed by atoms with Gasteiger partial charge in [0.2, 0.25) is 11.8 Å². The number of carbonyl (C=O) groups is 2. The SMILES string of the molecule is CC(C)NC(=O)CNC(=O)C(C)Sc1ccc(Cl)cc1. The van der Waals surface area contributed by atoms with Gasteiger partial charge in [0, 0.05) is 16.0 Å². The Bertz CT molecular complexity index is 463. The van der Waals surface area contributed by atoms with Crippen LogP contribution in [0.5, 0.6) is 0 Å². The molecule has 0 saturated heterocycles. The Balaban J connectivity index is 2.39. The molecule has 0 heterocycles. The van der Waals surface area contributed by atoms with Crippen molar-refractivity contribution in [2.45, 2.75) is 37.0 Å². The maximum atomic E-state index is 11.9. The molecule has 20 heavy (non-hydrogen) atoms. The second-order valence-corrected chi connectivity index (χ2v) is 6.50. The molecule has 0 radical (unpaired) electrons. The first-order valence-corrected chi connectivity index (χ1v) is 7.63. The van der Waals surface area contributed by atoms with Crippen LogP contribution in [0.1, 0.15) is 20.8 Å². The standard InChI is InChI=1S/C14H19ClN2O2S/c1-9(2)17-13(18)8-16-14(19)10(3)20-12-6-4-11(15)5-7-12/h4-7,9-10H,8H2,1-3H3,(H,16,19)(H,17,18). The molecule has 2 N–H and O–H groups in total. The first-order valence-electron chi connectivity index (χ1n) is 6.37. The van der Waals surface area contributed by atoms with Crippen molar-refractivity contribution in [3.05, 3.63) is 29.3 Å². The van der Waals surface area contributed by atoms with Gasteiger partial charge in [-0.3, -0.25) is 9.59 Å². The third-order valence-corrected chi connectivity index (χ3v) is 3.73. The molecule has 0 aliphatic rings. The van der Waals surface area contributed by atoms with Crippen molar-refractivity contribution in [2.24, 2.45) is 0 Å². The second kappa shape index (κ2) is 8.17. The largest absolute Gasteiger partial charge is 0.352 e. The van der Waals surface area contributed by atoms with Crippen LogP contribution in [0.4, 0.5) is 0 Å². The van der Waals surface area contributed by atoms with E-state index in [-0.39, 0.29) is 29.7 Å². The number of carbonyl (C=O) groups excluding carboxylic acids is 2. The van der Waals surface area contributed by atoms with Gasteiger partial charge >= 0.3 is 0 Å². The van der Waals surface area contributed by atoms with Gasteiger partial charge in [-0.25, -0.2) is 0 Å². The highest BCUT2D eigenvalue weighted by Gasteiger charge is 2.15. The highest BCUT2D eigenvalue weighted by Crippen LogP contribution is 2.24. The fraction of sp³-hybridized carbons (Fsp3) is 0.429. The molecule has 1 rings (SSSR count).